The van der Waals surface area contributed by atoms with Crippen LogP contribution in [0.3, 0.4) is 0 Å². The molecular formula is C20H22N4O2. The van der Waals surface area contributed by atoms with Crippen molar-refractivity contribution in [1.29, 1.82) is 0 Å². The van der Waals surface area contributed by atoms with E-state index >= 15 is 0 Å². The van der Waals surface area contributed by atoms with Gasteiger partial charge >= 0.3 is 0 Å². The summed E-state index contributed by atoms with van der Waals surface area (Å²) < 4.78 is 8.04. The van der Waals surface area contributed by atoms with Gasteiger partial charge in [0.15, 0.2) is 5.76 Å². The Hall–Kier alpha value is -2.44. The van der Waals surface area contributed by atoms with Crippen molar-refractivity contribution in [3.63, 3.8) is 0 Å². The zero-order chi connectivity index (χ0) is 17.5. The second kappa shape index (κ2) is 6.37. The third kappa shape index (κ3) is 2.75. The van der Waals surface area contributed by atoms with Gasteiger partial charge in [0.2, 0.25) is 0 Å². The van der Waals surface area contributed by atoms with Gasteiger partial charge in [-0.25, -0.2) is 4.68 Å². The zero-order valence-corrected chi connectivity index (χ0v) is 14.6. The number of piperidine rings is 3. The van der Waals surface area contributed by atoms with Crippen LogP contribution < -0.4 is 0 Å². The van der Waals surface area contributed by atoms with Gasteiger partial charge in [-0.05, 0) is 55.6 Å². The molecule has 5 heterocycles. The van der Waals surface area contributed by atoms with Gasteiger partial charge in [0, 0.05) is 12.1 Å². The van der Waals surface area contributed by atoms with Gasteiger partial charge in [0.05, 0.1) is 18.8 Å². The van der Waals surface area contributed by atoms with Crippen LogP contribution in [-0.2, 0) is 6.61 Å². The summed E-state index contributed by atoms with van der Waals surface area (Å²) in [5.41, 5.74) is 2.59. The van der Waals surface area contributed by atoms with Crippen molar-refractivity contribution in [2.75, 3.05) is 19.6 Å². The number of aliphatic hydroxyl groups excluding tert-OH is 1. The van der Waals surface area contributed by atoms with Gasteiger partial charge in [-0.15, -0.1) is 5.10 Å². The Bertz CT molecular complexity index is 908. The van der Waals surface area contributed by atoms with E-state index in [-0.39, 0.29) is 6.61 Å². The summed E-state index contributed by atoms with van der Waals surface area (Å²) >= 11 is 0. The topological polar surface area (TPSA) is 67.3 Å². The molecule has 2 bridgehead atoms. The average molecular weight is 350 g/mol. The van der Waals surface area contributed by atoms with Crippen molar-refractivity contribution in [3.05, 3.63) is 48.2 Å². The maximum absolute atomic E-state index is 9.31. The maximum Gasteiger partial charge on any atom is 0.156 e. The lowest BCUT2D eigenvalue weighted by atomic mass is 9.84. The predicted molar refractivity (Wildman–Crippen MR) is 97.3 cm³/mol. The van der Waals surface area contributed by atoms with Crippen LogP contribution in [0.25, 0.3) is 22.8 Å². The molecule has 3 saturated heterocycles. The SMILES string of the molecule is OCc1cccc(-c2ccc(-c3cn(C4CN5CCC4CC5)nn3)o2)c1. The van der Waals surface area contributed by atoms with E-state index in [0.717, 1.165) is 34.9 Å². The number of aromatic nitrogens is 3. The summed E-state index contributed by atoms with van der Waals surface area (Å²) in [7, 11) is 0. The van der Waals surface area contributed by atoms with Crippen LogP contribution in [0.5, 0.6) is 0 Å². The van der Waals surface area contributed by atoms with Gasteiger partial charge in [0.25, 0.3) is 0 Å². The van der Waals surface area contributed by atoms with E-state index in [1.54, 1.807) is 0 Å². The minimum absolute atomic E-state index is 0.0231. The smallest absolute Gasteiger partial charge is 0.156 e. The van der Waals surface area contributed by atoms with Crippen molar-refractivity contribution in [1.82, 2.24) is 19.9 Å². The van der Waals surface area contributed by atoms with E-state index in [0.29, 0.717) is 12.0 Å². The van der Waals surface area contributed by atoms with Crippen molar-refractivity contribution in [3.8, 4) is 22.8 Å². The highest BCUT2D eigenvalue weighted by molar-refractivity contribution is 5.63. The summed E-state index contributed by atoms with van der Waals surface area (Å²) in [4.78, 5) is 2.52. The fraction of sp³-hybridized carbons (Fsp3) is 0.400. The molecule has 3 fully saturated rings. The highest BCUT2D eigenvalue weighted by Crippen LogP contribution is 2.36. The summed E-state index contributed by atoms with van der Waals surface area (Å²) in [6.07, 6.45) is 4.52. The Kier molecular flexibility index (Phi) is 3.87. The van der Waals surface area contributed by atoms with Crippen LogP contribution in [0.1, 0.15) is 24.4 Å². The molecule has 1 unspecified atom stereocenters. The molecule has 3 aromatic rings. The van der Waals surface area contributed by atoms with Crippen LogP contribution in [0.2, 0.25) is 0 Å². The zero-order valence-electron chi connectivity index (χ0n) is 14.6. The van der Waals surface area contributed by atoms with E-state index in [2.05, 4.69) is 15.2 Å². The quantitative estimate of drug-likeness (QED) is 0.783. The summed E-state index contributed by atoms with van der Waals surface area (Å²) in [5, 5.41) is 18.0. The minimum Gasteiger partial charge on any atom is -0.454 e. The molecule has 134 valence electrons. The highest BCUT2D eigenvalue weighted by Gasteiger charge is 2.35. The first-order valence-electron chi connectivity index (χ1n) is 9.25. The fourth-order valence-electron chi connectivity index (χ4n) is 4.24. The fourth-order valence-corrected chi connectivity index (χ4v) is 4.24. The first-order valence-corrected chi connectivity index (χ1v) is 9.25. The predicted octanol–water partition coefficient (Wildman–Crippen LogP) is 2.96. The lowest BCUT2D eigenvalue weighted by Gasteiger charge is -2.44. The second-order valence-electron chi connectivity index (χ2n) is 7.31. The Balaban J connectivity index is 1.39. The molecule has 0 spiro atoms. The molecule has 1 atom stereocenters. The first-order chi connectivity index (χ1) is 12.8. The molecule has 6 rings (SSSR count). The van der Waals surface area contributed by atoms with Crippen LogP contribution in [0, 0.1) is 5.92 Å². The first kappa shape index (κ1) is 15.8. The third-order valence-electron chi connectivity index (χ3n) is 5.72. The van der Waals surface area contributed by atoms with Crippen molar-refractivity contribution < 1.29 is 9.52 Å². The number of hydrogen-bond acceptors (Lipinski definition) is 5. The molecule has 2 aromatic heterocycles. The molecule has 0 aliphatic carbocycles. The Morgan fingerprint density at radius 2 is 1.96 bits per heavy atom. The van der Waals surface area contributed by atoms with Gasteiger partial charge in [0.1, 0.15) is 11.5 Å². The number of hydrogen-bond donors (Lipinski definition) is 1. The molecule has 1 aromatic carbocycles. The van der Waals surface area contributed by atoms with Crippen LogP contribution in [0.15, 0.2) is 47.0 Å². The third-order valence-corrected chi connectivity index (χ3v) is 5.72. The molecule has 0 amide bonds. The summed E-state index contributed by atoms with van der Waals surface area (Å²) in [6, 6.07) is 12.0. The average Bonchev–Trinajstić information content (AvgIpc) is 3.38. The van der Waals surface area contributed by atoms with E-state index in [9.17, 15) is 5.11 Å². The van der Waals surface area contributed by atoms with Crippen molar-refractivity contribution in [2.45, 2.75) is 25.5 Å². The van der Waals surface area contributed by atoms with E-state index in [1.165, 1.54) is 25.9 Å². The van der Waals surface area contributed by atoms with E-state index < -0.39 is 0 Å². The van der Waals surface area contributed by atoms with Gasteiger partial charge < -0.3 is 14.4 Å². The lowest BCUT2D eigenvalue weighted by Crippen LogP contribution is -2.48. The van der Waals surface area contributed by atoms with Gasteiger partial charge in [-0.2, -0.15) is 0 Å². The normalized spacial score (nSPS) is 24.9. The number of nitrogens with zero attached hydrogens (tertiary/aromatic N) is 4. The van der Waals surface area contributed by atoms with Gasteiger partial charge in [-0.1, -0.05) is 23.4 Å². The number of rotatable bonds is 4. The standard InChI is InChI=1S/C20H22N4O2/c25-13-14-2-1-3-16(10-14)19-4-5-20(26-19)17-11-24(22-21-17)18-12-23-8-6-15(18)7-9-23/h1-5,10-11,15,18,25H,6-9,12-13H2. The molecule has 1 N–H and O–H groups in total. The molecule has 0 saturated carbocycles. The lowest BCUT2D eigenvalue weighted by molar-refractivity contribution is 0.0504. The molecule has 26 heavy (non-hydrogen) atoms. The molecular weight excluding hydrogens is 328 g/mol. The Morgan fingerprint density at radius 1 is 1.12 bits per heavy atom. The van der Waals surface area contributed by atoms with Crippen LogP contribution >= 0.6 is 0 Å². The highest BCUT2D eigenvalue weighted by atomic mass is 16.3. The Morgan fingerprint density at radius 3 is 2.73 bits per heavy atom. The molecule has 6 heteroatoms. The van der Waals surface area contributed by atoms with E-state index in [1.807, 2.05) is 47.3 Å². The summed E-state index contributed by atoms with van der Waals surface area (Å²) in [5.74, 6) is 2.21. The van der Waals surface area contributed by atoms with Crippen molar-refractivity contribution in [2.24, 2.45) is 5.92 Å². The maximum atomic E-state index is 9.31. The molecule has 0 radical (unpaired) electrons. The minimum atomic E-state index is 0.0231. The van der Waals surface area contributed by atoms with Crippen molar-refractivity contribution >= 4 is 0 Å². The van der Waals surface area contributed by atoms with Crippen LogP contribution in [0.4, 0.5) is 0 Å². The summed E-state index contributed by atoms with van der Waals surface area (Å²) in [6.45, 7) is 3.54. The van der Waals surface area contributed by atoms with Gasteiger partial charge in [-0.3, -0.25) is 0 Å². The molecule has 6 nitrogen and oxygen atoms in total. The number of fused-ring (bicyclic) bond motifs is 3. The van der Waals surface area contributed by atoms with Crippen LogP contribution in [-0.4, -0.2) is 44.6 Å². The molecule has 3 aliphatic rings. The second-order valence-corrected chi connectivity index (χ2v) is 7.31. The molecule has 3 aliphatic heterocycles. The largest absolute Gasteiger partial charge is 0.454 e. The monoisotopic (exact) mass is 350 g/mol. The number of aliphatic hydroxyl groups is 1. The number of furan rings is 1. The Labute approximate surface area is 152 Å². The van der Waals surface area contributed by atoms with E-state index in [4.69, 9.17) is 4.42 Å². The number of benzene rings is 1.